The highest BCUT2D eigenvalue weighted by Crippen LogP contribution is 2.47. The molecule has 3 aromatic rings. The van der Waals surface area contributed by atoms with Crippen LogP contribution in [0.1, 0.15) is 17.9 Å². The highest BCUT2D eigenvalue weighted by molar-refractivity contribution is 5.96. The first-order valence-electron chi connectivity index (χ1n) is 7.59. The Kier molecular flexibility index (Phi) is 3.08. The summed E-state index contributed by atoms with van der Waals surface area (Å²) in [6.07, 6.45) is 0.874. The molecule has 2 aromatic carbocycles. The predicted molar refractivity (Wildman–Crippen MR) is 87.4 cm³/mol. The van der Waals surface area contributed by atoms with Gasteiger partial charge < -0.3 is 9.73 Å². The maximum absolute atomic E-state index is 12.4. The Labute approximate surface area is 132 Å². The molecule has 0 aliphatic heterocycles. The van der Waals surface area contributed by atoms with E-state index in [4.69, 9.17) is 4.42 Å². The minimum absolute atomic E-state index is 0.0101. The zero-order chi connectivity index (χ0) is 16.0. The first kappa shape index (κ1) is 13.8. The summed E-state index contributed by atoms with van der Waals surface area (Å²) in [5.41, 5.74) is 3.04. The monoisotopic (exact) mass is 308 g/mol. The average molecular weight is 308 g/mol. The summed E-state index contributed by atoms with van der Waals surface area (Å²) in [6, 6.07) is 15.3. The van der Waals surface area contributed by atoms with Crippen LogP contribution in [0.4, 0.5) is 5.69 Å². The van der Waals surface area contributed by atoms with Crippen LogP contribution in [0.25, 0.3) is 11.1 Å². The van der Waals surface area contributed by atoms with Crippen molar-refractivity contribution in [3.63, 3.8) is 0 Å². The molecule has 1 aliphatic rings. The number of anilines is 1. The van der Waals surface area contributed by atoms with Crippen LogP contribution < -0.4 is 11.1 Å². The minimum Gasteiger partial charge on any atom is -0.408 e. The van der Waals surface area contributed by atoms with Crippen LogP contribution >= 0.6 is 0 Å². The third-order valence-electron chi connectivity index (χ3n) is 4.41. The average Bonchev–Trinajstić information content (AvgIpc) is 3.31. The van der Waals surface area contributed by atoms with Gasteiger partial charge in [-0.15, -0.1) is 0 Å². The number of nitrogens with zero attached hydrogens (tertiary/aromatic N) is 1. The molecule has 5 nitrogen and oxygen atoms in total. The van der Waals surface area contributed by atoms with Gasteiger partial charge in [-0.2, -0.15) is 0 Å². The van der Waals surface area contributed by atoms with Crippen LogP contribution in [0.5, 0.6) is 0 Å². The van der Waals surface area contributed by atoms with Gasteiger partial charge in [0.2, 0.25) is 5.91 Å². The molecule has 2 unspecified atom stereocenters. The normalized spacial score (nSPS) is 19.7. The van der Waals surface area contributed by atoms with Crippen molar-refractivity contribution in [2.24, 2.45) is 13.0 Å². The molecule has 1 fully saturated rings. The SMILES string of the molecule is Cn1c(=O)oc2cc(NC(=O)C3CC3c3ccccc3)ccc21. The molecule has 1 aromatic heterocycles. The van der Waals surface area contributed by atoms with Crippen LogP contribution in [0.2, 0.25) is 0 Å². The van der Waals surface area contributed by atoms with Crippen LogP contribution in [-0.4, -0.2) is 10.5 Å². The number of carbonyl (C=O) groups is 1. The molecule has 116 valence electrons. The number of benzene rings is 2. The Hall–Kier alpha value is -2.82. The molecule has 5 heteroatoms. The number of rotatable bonds is 3. The van der Waals surface area contributed by atoms with Crippen molar-refractivity contribution >= 4 is 22.7 Å². The summed E-state index contributed by atoms with van der Waals surface area (Å²) < 4.78 is 6.58. The molecule has 2 atom stereocenters. The molecule has 1 N–H and O–H groups in total. The van der Waals surface area contributed by atoms with E-state index in [0.29, 0.717) is 22.7 Å². The molecule has 23 heavy (non-hydrogen) atoms. The Balaban J connectivity index is 1.50. The fourth-order valence-electron chi connectivity index (χ4n) is 3.00. The second kappa shape index (κ2) is 5.12. The zero-order valence-electron chi connectivity index (χ0n) is 12.7. The molecule has 0 radical (unpaired) electrons. The number of oxazole rings is 1. The van der Waals surface area contributed by atoms with Crippen molar-refractivity contribution in [2.45, 2.75) is 12.3 Å². The standard InChI is InChI=1S/C18H16N2O3/c1-20-15-8-7-12(9-16(15)23-18(20)22)19-17(21)14-10-13(14)11-5-3-2-4-6-11/h2-9,13-14H,10H2,1H3,(H,19,21). The molecular weight excluding hydrogens is 292 g/mol. The number of hydrogen-bond donors (Lipinski definition) is 1. The molecule has 1 aliphatic carbocycles. The predicted octanol–water partition coefficient (Wildman–Crippen LogP) is 2.87. The Bertz CT molecular complexity index is 940. The van der Waals surface area contributed by atoms with Gasteiger partial charge in [0.1, 0.15) is 0 Å². The summed E-state index contributed by atoms with van der Waals surface area (Å²) in [7, 11) is 1.65. The van der Waals surface area contributed by atoms with E-state index in [1.165, 1.54) is 10.1 Å². The maximum Gasteiger partial charge on any atom is 0.419 e. The molecule has 0 spiro atoms. The molecule has 1 saturated carbocycles. The van der Waals surface area contributed by atoms with Crippen molar-refractivity contribution < 1.29 is 9.21 Å². The number of nitrogens with one attached hydrogen (secondary N) is 1. The zero-order valence-corrected chi connectivity index (χ0v) is 12.7. The lowest BCUT2D eigenvalue weighted by atomic mass is 10.1. The summed E-state index contributed by atoms with van der Waals surface area (Å²) in [4.78, 5) is 23.9. The van der Waals surface area contributed by atoms with E-state index in [1.807, 2.05) is 18.2 Å². The van der Waals surface area contributed by atoms with E-state index in [-0.39, 0.29) is 11.8 Å². The van der Waals surface area contributed by atoms with Crippen LogP contribution in [-0.2, 0) is 11.8 Å². The van der Waals surface area contributed by atoms with Gasteiger partial charge in [0.25, 0.3) is 0 Å². The van der Waals surface area contributed by atoms with Gasteiger partial charge in [-0.1, -0.05) is 30.3 Å². The lowest BCUT2D eigenvalue weighted by Crippen LogP contribution is -2.14. The van der Waals surface area contributed by atoms with Gasteiger partial charge >= 0.3 is 5.76 Å². The largest absolute Gasteiger partial charge is 0.419 e. The van der Waals surface area contributed by atoms with Crippen molar-refractivity contribution in [3.8, 4) is 0 Å². The van der Waals surface area contributed by atoms with Gasteiger partial charge in [-0.25, -0.2) is 4.79 Å². The first-order chi connectivity index (χ1) is 11.1. The van der Waals surface area contributed by atoms with E-state index in [2.05, 4.69) is 17.4 Å². The number of carbonyl (C=O) groups excluding carboxylic acids is 1. The summed E-state index contributed by atoms with van der Waals surface area (Å²) in [5, 5.41) is 2.91. The van der Waals surface area contributed by atoms with E-state index in [0.717, 1.165) is 6.42 Å². The van der Waals surface area contributed by atoms with E-state index >= 15 is 0 Å². The van der Waals surface area contributed by atoms with Gasteiger partial charge in [0.15, 0.2) is 5.58 Å². The molecule has 1 amide bonds. The number of hydrogen-bond acceptors (Lipinski definition) is 3. The minimum atomic E-state index is -0.408. The fraction of sp³-hybridized carbons (Fsp3) is 0.222. The number of amides is 1. The van der Waals surface area contributed by atoms with Crippen LogP contribution in [0.15, 0.2) is 57.7 Å². The highest BCUT2D eigenvalue weighted by Gasteiger charge is 2.43. The smallest absolute Gasteiger partial charge is 0.408 e. The molecule has 0 bridgehead atoms. The van der Waals surface area contributed by atoms with Crippen molar-refractivity contribution in [1.29, 1.82) is 0 Å². The third kappa shape index (κ3) is 2.44. The number of fused-ring (bicyclic) bond motifs is 1. The second-order valence-electron chi connectivity index (χ2n) is 5.96. The van der Waals surface area contributed by atoms with Gasteiger partial charge in [0, 0.05) is 24.7 Å². The van der Waals surface area contributed by atoms with E-state index in [1.54, 1.807) is 25.2 Å². The van der Waals surface area contributed by atoms with E-state index < -0.39 is 5.76 Å². The topological polar surface area (TPSA) is 64.2 Å². The Morgan fingerprint density at radius 1 is 1.22 bits per heavy atom. The van der Waals surface area contributed by atoms with Crippen LogP contribution in [0, 0.1) is 5.92 Å². The Morgan fingerprint density at radius 2 is 2.00 bits per heavy atom. The van der Waals surface area contributed by atoms with E-state index in [9.17, 15) is 9.59 Å². The fourth-order valence-corrected chi connectivity index (χ4v) is 3.00. The lowest BCUT2D eigenvalue weighted by molar-refractivity contribution is -0.117. The first-order valence-corrected chi connectivity index (χ1v) is 7.59. The molecule has 1 heterocycles. The van der Waals surface area contributed by atoms with Gasteiger partial charge in [-0.3, -0.25) is 9.36 Å². The second-order valence-corrected chi connectivity index (χ2v) is 5.96. The maximum atomic E-state index is 12.4. The third-order valence-corrected chi connectivity index (χ3v) is 4.41. The van der Waals surface area contributed by atoms with Gasteiger partial charge in [0.05, 0.1) is 5.52 Å². The summed E-state index contributed by atoms with van der Waals surface area (Å²) in [6.45, 7) is 0. The highest BCUT2D eigenvalue weighted by atomic mass is 16.4. The Morgan fingerprint density at radius 3 is 2.78 bits per heavy atom. The van der Waals surface area contributed by atoms with Crippen molar-refractivity contribution in [3.05, 3.63) is 64.6 Å². The summed E-state index contributed by atoms with van der Waals surface area (Å²) in [5.74, 6) is -0.0863. The number of aromatic nitrogens is 1. The molecule has 4 rings (SSSR count). The van der Waals surface area contributed by atoms with Crippen molar-refractivity contribution in [1.82, 2.24) is 4.57 Å². The summed E-state index contributed by atoms with van der Waals surface area (Å²) >= 11 is 0. The quantitative estimate of drug-likeness (QED) is 0.809. The van der Waals surface area contributed by atoms with Crippen LogP contribution in [0.3, 0.4) is 0 Å². The van der Waals surface area contributed by atoms with Crippen molar-refractivity contribution in [2.75, 3.05) is 5.32 Å². The lowest BCUT2D eigenvalue weighted by Gasteiger charge is -2.05. The molecular formula is C18H16N2O3. The molecule has 0 saturated heterocycles. The van der Waals surface area contributed by atoms with Gasteiger partial charge in [-0.05, 0) is 30.0 Å². The number of aryl methyl sites for hydroxylation is 1.